The Morgan fingerprint density at radius 1 is 0.907 bits per heavy atom. The molecule has 4 heterocycles. The molecule has 2 aliphatic rings. The van der Waals surface area contributed by atoms with E-state index in [9.17, 15) is 15.3 Å². The van der Waals surface area contributed by atoms with Crippen molar-refractivity contribution in [1.82, 2.24) is 19.8 Å². The zero-order valence-corrected chi connectivity index (χ0v) is 25.7. The number of pyridine rings is 2. The Hall–Kier alpha value is -3.21. The van der Waals surface area contributed by atoms with Crippen molar-refractivity contribution in [1.29, 1.82) is 0 Å². The van der Waals surface area contributed by atoms with Crippen LogP contribution in [0.3, 0.4) is 0 Å². The first-order chi connectivity index (χ1) is 20.7. The van der Waals surface area contributed by atoms with Gasteiger partial charge in [-0.15, -0.1) is 0 Å². The van der Waals surface area contributed by atoms with Gasteiger partial charge < -0.3 is 25.4 Å². The fraction of sp³-hybridized carbons (Fsp3) is 0.455. The van der Waals surface area contributed by atoms with Gasteiger partial charge in [0.25, 0.3) is 0 Å². The summed E-state index contributed by atoms with van der Waals surface area (Å²) in [4.78, 5) is 14.1. The molecule has 0 amide bonds. The van der Waals surface area contributed by atoms with Crippen molar-refractivity contribution in [3.63, 3.8) is 0 Å². The van der Waals surface area contributed by atoms with E-state index in [0.29, 0.717) is 40.8 Å². The summed E-state index contributed by atoms with van der Waals surface area (Å²) in [5.41, 5.74) is 5.39. The number of benzene rings is 2. The molecule has 6 rings (SSSR count). The average Bonchev–Trinajstić information content (AvgIpc) is 3.65. The number of aliphatic hydroxyl groups excluding tert-OH is 2. The molecule has 0 bridgehead atoms. The highest BCUT2D eigenvalue weighted by molar-refractivity contribution is 6.31. The van der Waals surface area contributed by atoms with Crippen molar-refractivity contribution in [2.24, 2.45) is 11.8 Å². The van der Waals surface area contributed by atoms with E-state index in [0.717, 1.165) is 72.4 Å². The number of ether oxygens (including phenoxy) is 1. The summed E-state index contributed by atoms with van der Waals surface area (Å²) in [5, 5.41) is 37.0. The molecule has 4 unspecified atom stereocenters. The number of nitrogens with zero attached hydrogens (tertiary/aromatic N) is 4. The highest BCUT2D eigenvalue weighted by Gasteiger charge is 2.29. The number of hydrogen-bond donors (Lipinski definition) is 4. The summed E-state index contributed by atoms with van der Waals surface area (Å²) in [6.07, 6.45) is 1.15. The number of aliphatic hydroxyl groups is 2. The lowest BCUT2D eigenvalue weighted by molar-refractivity contribution is 0.127. The fourth-order valence-electron chi connectivity index (χ4n) is 6.51. The minimum absolute atomic E-state index is 0.229. The van der Waals surface area contributed by atoms with Crippen molar-refractivity contribution >= 4 is 44.9 Å². The van der Waals surface area contributed by atoms with Crippen LogP contribution in [-0.2, 0) is 13.1 Å². The minimum Gasteiger partial charge on any atom is -0.507 e. The molecule has 2 aliphatic heterocycles. The second kappa shape index (κ2) is 12.4. The Kier molecular flexibility index (Phi) is 8.62. The van der Waals surface area contributed by atoms with E-state index in [1.165, 1.54) is 0 Å². The lowest BCUT2D eigenvalue weighted by Crippen LogP contribution is -2.25. The number of halogens is 1. The van der Waals surface area contributed by atoms with Crippen molar-refractivity contribution in [2.45, 2.75) is 52.0 Å². The van der Waals surface area contributed by atoms with Crippen LogP contribution in [0.15, 0.2) is 42.5 Å². The predicted molar refractivity (Wildman–Crippen MR) is 170 cm³/mol. The van der Waals surface area contributed by atoms with Gasteiger partial charge >= 0.3 is 0 Å². The van der Waals surface area contributed by atoms with Gasteiger partial charge in [-0.05, 0) is 88.0 Å². The molecular weight excluding hydrogens is 566 g/mol. The summed E-state index contributed by atoms with van der Waals surface area (Å²) in [6.45, 7) is 8.17. The molecule has 9 nitrogen and oxygen atoms in total. The topological polar surface area (TPSA) is 114 Å². The van der Waals surface area contributed by atoms with E-state index in [4.69, 9.17) is 26.3 Å². The van der Waals surface area contributed by atoms with Gasteiger partial charge in [0.15, 0.2) is 0 Å². The van der Waals surface area contributed by atoms with Crippen LogP contribution >= 0.6 is 11.6 Å². The Morgan fingerprint density at radius 2 is 1.53 bits per heavy atom. The first-order valence-corrected chi connectivity index (χ1v) is 15.4. The molecule has 43 heavy (non-hydrogen) atoms. The molecule has 2 saturated heterocycles. The summed E-state index contributed by atoms with van der Waals surface area (Å²) < 4.78 is 5.44. The number of rotatable bonds is 9. The maximum atomic E-state index is 11.6. The lowest BCUT2D eigenvalue weighted by Gasteiger charge is -2.23. The summed E-state index contributed by atoms with van der Waals surface area (Å²) in [5.74, 6) is 1.24. The van der Waals surface area contributed by atoms with Gasteiger partial charge in [0.1, 0.15) is 11.3 Å². The van der Waals surface area contributed by atoms with Crippen LogP contribution in [-0.4, -0.2) is 80.6 Å². The first kappa shape index (κ1) is 29.8. The molecule has 4 atom stereocenters. The Labute approximate surface area is 257 Å². The first-order valence-electron chi connectivity index (χ1n) is 15.0. The number of methoxy groups -OCH3 is 1. The van der Waals surface area contributed by atoms with E-state index in [-0.39, 0.29) is 24.0 Å². The van der Waals surface area contributed by atoms with Gasteiger partial charge in [-0.25, -0.2) is 9.97 Å². The average molecular weight is 606 g/mol. The maximum absolute atomic E-state index is 11.6. The van der Waals surface area contributed by atoms with Crippen molar-refractivity contribution in [2.75, 3.05) is 38.6 Å². The van der Waals surface area contributed by atoms with Crippen LogP contribution in [0.4, 0.5) is 11.4 Å². The van der Waals surface area contributed by atoms with Crippen molar-refractivity contribution in [3.05, 3.63) is 58.6 Å². The number of aromatic hydroxyl groups is 1. The molecule has 2 aromatic carbocycles. The third-order valence-corrected chi connectivity index (χ3v) is 9.31. The number of aromatic nitrogens is 2. The second-order valence-electron chi connectivity index (χ2n) is 12.2. The van der Waals surface area contributed by atoms with Gasteiger partial charge in [0.2, 0.25) is 5.88 Å². The number of likely N-dealkylation sites (tertiary alicyclic amines) is 2. The molecule has 2 aromatic heterocycles. The summed E-state index contributed by atoms with van der Waals surface area (Å²) in [7, 11) is 1.59. The lowest BCUT2D eigenvalue weighted by atomic mass is 10.0. The molecule has 0 spiro atoms. The molecule has 0 saturated carbocycles. The van der Waals surface area contributed by atoms with Gasteiger partial charge in [0.05, 0.1) is 36.0 Å². The number of fused-ring (bicyclic) bond motifs is 2. The molecule has 10 heteroatoms. The van der Waals surface area contributed by atoms with Crippen LogP contribution in [0.25, 0.3) is 21.9 Å². The minimum atomic E-state index is -0.356. The van der Waals surface area contributed by atoms with Crippen molar-refractivity contribution < 1.29 is 20.1 Å². The van der Waals surface area contributed by atoms with Gasteiger partial charge in [-0.1, -0.05) is 11.6 Å². The molecule has 0 radical (unpaired) electrons. The number of phenolic OH excluding ortho intramolecular Hbond substituents is 1. The van der Waals surface area contributed by atoms with E-state index in [2.05, 4.69) is 15.1 Å². The predicted octanol–water partition coefficient (Wildman–Crippen LogP) is 5.30. The zero-order chi connectivity index (χ0) is 30.2. The normalized spacial score (nSPS) is 21.1. The zero-order valence-electron chi connectivity index (χ0n) is 24.9. The van der Waals surface area contributed by atoms with Crippen LogP contribution in [0.1, 0.15) is 37.8 Å². The molecule has 0 aliphatic carbocycles. The van der Waals surface area contributed by atoms with Gasteiger partial charge in [0, 0.05) is 59.5 Å². The van der Waals surface area contributed by atoms with E-state index >= 15 is 0 Å². The molecular formula is C33H40ClN5O4. The Morgan fingerprint density at radius 3 is 2.09 bits per heavy atom. The molecule has 2 fully saturated rings. The Balaban J connectivity index is 1.41. The highest BCUT2D eigenvalue weighted by atomic mass is 35.5. The van der Waals surface area contributed by atoms with E-state index < -0.39 is 0 Å². The van der Waals surface area contributed by atoms with Crippen LogP contribution in [0.5, 0.6) is 11.6 Å². The largest absolute Gasteiger partial charge is 0.507 e. The SMILES string of the molecule is COc1ccc2nc3cc(Cl)ccc3c(Nc3cc(CN4CCC(C(C)O)C4)c(O)c(CN4CCC(C(C)O)C4)c3)c2n1. The number of anilines is 2. The van der Waals surface area contributed by atoms with Gasteiger partial charge in [-0.3, -0.25) is 9.80 Å². The third kappa shape index (κ3) is 6.37. The van der Waals surface area contributed by atoms with Crippen molar-refractivity contribution in [3.8, 4) is 11.6 Å². The monoisotopic (exact) mass is 605 g/mol. The number of nitrogens with one attached hydrogen (secondary N) is 1. The molecule has 228 valence electrons. The van der Waals surface area contributed by atoms with Crippen LogP contribution < -0.4 is 10.1 Å². The number of phenols is 1. The maximum Gasteiger partial charge on any atom is 0.213 e. The summed E-state index contributed by atoms with van der Waals surface area (Å²) in [6, 6.07) is 13.3. The highest BCUT2D eigenvalue weighted by Crippen LogP contribution is 2.38. The van der Waals surface area contributed by atoms with Crippen LogP contribution in [0, 0.1) is 11.8 Å². The molecule has 4 N–H and O–H groups in total. The smallest absolute Gasteiger partial charge is 0.213 e. The van der Waals surface area contributed by atoms with Gasteiger partial charge in [-0.2, -0.15) is 0 Å². The number of hydrogen-bond acceptors (Lipinski definition) is 9. The van der Waals surface area contributed by atoms with E-state index in [1.807, 2.05) is 50.2 Å². The fourth-order valence-corrected chi connectivity index (χ4v) is 6.68. The second-order valence-corrected chi connectivity index (χ2v) is 12.6. The van der Waals surface area contributed by atoms with E-state index in [1.54, 1.807) is 13.2 Å². The third-order valence-electron chi connectivity index (χ3n) is 9.07. The molecule has 4 aromatic rings. The Bertz CT molecular complexity index is 1580. The van der Waals surface area contributed by atoms with Crippen LogP contribution in [0.2, 0.25) is 5.02 Å². The quantitative estimate of drug-likeness (QED) is 0.149. The standard InChI is InChI=1S/C33H40ClN5O4/c1-19(40)21-8-10-38(15-21)17-23-12-26(13-24(33(23)42)18-39-11-9-22(16-39)20(2)41)35-31-27-5-4-25(34)14-29(27)36-28-6-7-30(43-3)37-32(28)31/h4-7,12-14,19-22,40-42H,8-11,15-18H2,1-3H3,(H,35,36). The summed E-state index contributed by atoms with van der Waals surface area (Å²) >= 11 is 6.35.